The Kier molecular flexibility index (Phi) is 8.56. The molecule has 1 unspecified atom stereocenters. The second-order valence-electron chi connectivity index (χ2n) is 8.60. The molecule has 1 atom stereocenters. The van der Waals surface area contributed by atoms with Crippen molar-refractivity contribution in [2.45, 2.75) is 16.1 Å². The van der Waals surface area contributed by atoms with Crippen molar-refractivity contribution in [2.75, 3.05) is 12.0 Å². The third-order valence-corrected chi connectivity index (χ3v) is 8.77. The minimum Gasteiger partial charge on any atom is -0.503 e. The first kappa shape index (κ1) is 27.9. The Morgan fingerprint density at radius 3 is 2.65 bits per heavy atom. The summed E-state index contributed by atoms with van der Waals surface area (Å²) in [6.45, 7) is 0. The smallest absolute Gasteiger partial charge is 0.296 e. The van der Waals surface area contributed by atoms with Gasteiger partial charge in [0.15, 0.2) is 15.9 Å². The molecule has 11 heteroatoms. The lowest BCUT2D eigenvalue weighted by Gasteiger charge is -2.24. The van der Waals surface area contributed by atoms with Gasteiger partial charge in [0.25, 0.3) is 5.91 Å². The van der Waals surface area contributed by atoms with Crippen molar-refractivity contribution in [1.29, 1.82) is 0 Å². The number of aliphatic hydroxyl groups excluding tert-OH is 1. The van der Waals surface area contributed by atoms with Gasteiger partial charge in [0.1, 0.15) is 5.75 Å². The molecule has 3 aromatic carbocycles. The van der Waals surface area contributed by atoms with Gasteiger partial charge < -0.3 is 9.84 Å². The highest BCUT2D eigenvalue weighted by molar-refractivity contribution is 8.00. The van der Waals surface area contributed by atoms with E-state index in [-0.39, 0.29) is 10.7 Å². The topological polar surface area (TPSA) is 92.6 Å². The van der Waals surface area contributed by atoms with Gasteiger partial charge >= 0.3 is 0 Å². The highest BCUT2D eigenvalue weighted by Gasteiger charge is 2.45. The summed E-state index contributed by atoms with van der Waals surface area (Å²) in [4.78, 5) is 28.1. The molecule has 0 saturated heterocycles. The zero-order chi connectivity index (χ0) is 28.2. The van der Waals surface area contributed by atoms with E-state index in [1.54, 1.807) is 42.5 Å². The lowest BCUT2D eigenvalue weighted by Crippen LogP contribution is -2.30. The molecule has 4 aromatic rings. The zero-order valence-electron chi connectivity index (χ0n) is 21.0. The Morgan fingerprint density at radius 2 is 1.90 bits per heavy atom. The van der Waals surface area contributed by atoms with Crippen LogP contribution in [0.15, 0.2) is 94.5 Å². The Hall–Kier alpha value is -3.63. The summed E-state index contributed by atoms with van der Waals surface area (Å²) in [6.07, 6.45) is 2.99. The van der Waals surface area contributed by atoms with Crippen LogP contribution < -0.4 is 9.64 Å². The molecular weight excluding hydrogens is 589 g/mol. The van der Waals surface area contributed by atoms with E-state index in [1.807, 2.05) is 36.4 Å². The summed E-state index contributed by atoms with van der Waals surface area (Å²) in [5, 5.41) is 20.8. The van der Waals surface area contributed by atoms with Gasteiger partial charge in [-0.25, -0.2) is 0 Å². The third kappa shape index (κ3) is 5.93. The number of ketones is 1. The monoisotopic (exact) mass is 609 g/mol. The summed E-state index contributed by atoms with van der Waals surface area (Å²) in [6, 6.07) is 20.6. The minimum atomic E-state index is -0.938. The number of nitrogens with zero attached hydrogens (tertiary/aromatic N) is 3. The summed E-state index contributed by atoms with van der Waals surface area (Å²) in [7, 11) is 1.53. The largest absolute Gasteiger partial charge is 0.503 e. The van der Waals surface area contributed by atoms with Crippen molar-refractivity contribution in [1.82, 2.24) is 10.2 Å². The Morgan fingerprint density at radius 1 is 1.10 bits per heavy atom. The molecular formula is C29H21Cl2N3O4S2. The lowest BCUT2D eigenvalue weighted by atomic mass is 9.95. The van der Waals surface area contributed by atoms with Crippen molar-refractivity contribution in [2.24, 2.45) is 0 Å². The molecule has 1 aliphatic heterocycles. The molecule has 1 N–H and O–H groups in total. The van der Waals surface area contributed by atoms with Crippen LogP contribution in [0.2, 0.25) is 10.0 Å². The number of ether oxygens (including phenoxy) is 1. The third-order valence-electron chi connectivity index (χ3n) is 6.08. The molecule has 1 amide bonds. The van der Waals surface area contributed by atoms with Gasteiger partial charge in [-0.2, -0.15) is 0 Å². The molecule has 0 aliphatic carbocycles. The first-order valence-electron chi connectivity index (χ1n) is 11.9. The van der Waals surface area contributed by atoms with Crippen LogP contribution in [0.25, 0.3) is 6.08 Å². The fourth-order valence-electron chi connectivity index (χ4n) is 4.14. The molecule has 1 aromatic heterocycles. The summed E-state index contributed by atoms with van der Waals surface area (Å²) in [5.41, 5.74) is 2.20. The van der Waals surface area contributed by atoms with Gasteiger partial charge in [0.05, 0.1) is 18.7 Å². The van der Waals surface area contributed by atoms with E-state index < -0.39 is 23.5 Å². The number of benzene rings is 3. The van der Waals surface area contributed by atoms with Crippen LogP contribution in [-0.2, 0) is 15.3 Å². The Balaban J connectivity index is 1.47. The van der Waals surface area contributed by atoms with E-state index in [0.29, 0.717) is 31.5 Å². The summed E-state index contributed by atoms with van der Waals surface area (Å²) < 4.78 is 5.96. The molecule has 202 valence electrons. The van der Waals surface area contributed by atoms with E-state index in [2.05, 4.69) is 10.2 Å². The molecule has 0 fully saturated rings. The standard InChI is InChI=1S/C29H21Cl2N3O4S2/c1-38-21-9-5-8-18(14-21)25-24(23(35)13-10-17-6-3-2-4-7-17)26(36)27(37)34(25)28-32-33-29(40-28)39-16-19-11-12-20(30)15-22(19)31/h2-15,25,36H,16H2,1H3. The van der Waals surface area contributed by atoms with Crippen molar-refractivity contribution in [3.63, 3.8) is 0 Å². The van der Waals surface area contributed by atoms with E-state index in [0.717, 1.165) is 11.1 Å². The quantitative estimate of drug-likeness (QED) is 0.121. The lowest BCUT2D eigenvalue weighted by molar-refractivity contribution is -0.117. The van der Waals surface area contributed by atoms with E-state index in [9.17, 15) is 14.7 Å². The number of hydrogen-bond donors (Lipinski definition) is 1. The van der Waals surface area contributed by atoms with Crippen LogP contribution in [0.5, 0.6) is 5.75 Å². The van der Waals surface area contributed by atoms with Gasteiger partial charge in [-0.1, -0.05) is 101 Å². The maximum atomic E-state index is 13.4. The first-order valence-corrected chi connectivity index (χ1v) is 14.5. The predicted octanol–water partition coefficient (Wildman–Crippen LogP) is 7.33. The predicted molar refractivity (Wildman–Crippen MR) is 159 cm³/mol. The van der Waals surface area contributed by atoms with E-state index in [4.69, 9.17) is 27.9 Å². The molecule has 0 radical (unpaired) electrons. The number of carbonyl (C=O) groups is 2. The minimum absolute atomic E-state index is 0.0530. The number of aliphatic hydroxyl groups is 1. The molecule has 0 spiro atoms. The van der Waals surface area contributed by atoms with Crippen LogP contribution in [-0.4, -0.2) is 34.1 Å². The number of hydrogen-bond acceptors (Lipinski definition) is 8. The molecule has 0 bridgehead atoms. The molecule has 2 heterocycles. The van der Waals surface area contributed by atoms with Crippen LogP contribution >= 0.6 is 46.3 Å². The second-order valence-corrected chi connectivity index (χ2v) is 11.6. The van der Waals surface area contributed by atoms with Gasteiger partial charge in [-0.15, -0.1) is 10.2 Å². The SMILES string of the molecule is COc1cccc(C2C(C(=O)C=Cc3ccccc3)=C(O)C(=O)N2c2nnc(SCc3ccc(Cl)cc3Cl)s2)c1. The van der Waals surface area contributed by atoms with Gasteiger partial charge in [0.2, 0.25) is 5.13 Å². The second kappa shape index (κ2) is 12.3. The molecule has 40 heavy (non-hydrogen) atoms. The molecule has 5 rings (SSSR count). The number of methoxy groups -OCH3 is 1. The average molecular weight is 611 g/mol. The molecule has 1 aliphatic rings. The normalized spacial score (nSPS) is 15.3. The van der Waals surface area contributed by atoms with E-state index in [1.165, 1.54) is 41.2 Å². The summed E-state index contributed by atoms with van der Waals surface area (Å²) in [5.74, 6) is -0.821. The van der Waals surface area contributed by atoms with Crippen LogP contribution in [0.4, 0.5) is 5.13 Å². The van der Waals surface area contributed by atoms with E-state index >= 15 is 0 Å². The van der Waals surface area contributed by atoms with Gasteiger partial charge in [-0.05, 0) is 47.0 Å². The fraction of sp³-hybridized carbons (Fsp3) is 0.103. The number of allylic oxidation sites excluding steroid dienone is 1. The zero-order valence-corrected chi connectivity index (χ0v) is 24.1. The average Bonchev–Trinajstić information content (AvgIpc) is 3.53. The Bertz CT molecular complexity index is 1640. The number of amides is 1. The molecule has 0 saturated carbocycles. The fourth-order valence-corrected chi connectivity index (χ4v) is 6.57. The van der Waals surface area contributed by atoms with Crippen LogP contribution in [0.1, 0.15) is 22.7 Å². The van der Waals surface area contributed by atoms with Crippen LogP contribution in [0, 0.1) is 0 Å². The number of rotatable bonds is 9. The first-order chi connectivity index (χ1) is 19.4. The van der Waals surface area contributed by atoms with Gasteiger partial charge in [0, 0.05) is 15.8 Å². The van der Waals surface area contributed by atoms with Crippen molar-refractivity contribution >= 4 is 69.2 Å². The van der Waals surface area contributed by atoms with Crippen molar-refractivity contribution in [3.05, 3.63) is 117 Å². The highest BCUT2D eigenvalue weighted by atomic mass is 35.5. The summed E-state index contributed by atoms with van der Waals surface area (Å²) >= 11 is 14.9. The molecule has 7 nitrogen and oxygen atoms in total. The maximum absolute atomic E-state index is 13.4. The number of carbonyl (C=O) groups excluding carboxylic acids is 2. The van der Waals surface area contributed by atoms with Gasteiger partial charge in [-0.3, -0.25) is 14.5 Å². The maximum Gasteiger partial charge on any atom is 0.296 e. The Labute approximate surface area is 248 Å². The number of halogens is 2. The van der Waals surface area contributed by atoms with Crippen LogP contribution in [0.3, 0.4) is 0 Å². The van der Waals surface area contributed by atoms with Crippen molar-refractivity contribution < 1.29 is 19.4 Å². The highest BCUT2D eigenvalue weighted by Crippen LogP contribution is 2.44. The number of thioether (sulfide) groups is 1. The number of anilines is 1. The number of aromatic nitrogens is 2. The van der Waals surface area contributed by atoms with Crippen molar-refractivity contribution in [3.8, 4) is 5.75 Å².